The Labute approximate surface area is 117 Å². The molecule has 0 fully saturated rings. The summed E-state index contributed by atoms with van der Waals surface area (Å²) in [5.41, 5.74) is 1.27. The highest BCUT2D eigenvalue weighted by atomic mass is 16.5. The molecule has 0 aliphatic rings. The third-order valence-corrected chi connectivity index (χ3v) is 2.84. The van der Waals surface area contributed by atoms with Gasteiger partial charge in [-0.1, -0.05) is 44.2 Å². The normalized spacial score (nSPS) is 12.8. The second kappa shape index (κ2) is 9.96. The molecule has 1 rings (SSSR count). The molecule has 0 saturated heterocycles. The molecule has 0 aliphatic carbocycles. The van der Waals surface area contributed by atoms with E-state index in [1.165, 1.54) is 5.56 Å². The van der Waals surface area contributed by atoms with Crippen molar-refractivity contribution in [3.8, 4) is 0 Å². The maximum absolute atomic E-state index is 5.57. The fourth-order valence-electron chi connectivity index (χ4n) is 1.89. The smallest absolute Gasteiger partial charge is 0.0657 e. The van der Waals surface area contributed by atoms with Crippen LogP contribution in [0.3, 0.4) is 0 Å². The van der Waals surface area contributed by atoms with Crippen LogP contribution in [-0.4, -0.2) is 33.5 Å². The van der Waals surface area contributed by atoms with Gasteiger partial charge < -0.3 is 14.8 Å². The van der Waals surface area contributed by atoms with E-state index in [2.05, 4.69) is 43.4 Å². The highest BCUT2D eigenvalue weighted by Crippen LogP contribution is 2.12. The van der Waals surface area contributed by atoms with Gasteiger partial charge in [0.25, 0.3) is 0 Å². The Kier molecular flexibility index (Phi) is 8.47. The van der Waals surface area contributed by atoms with E-state index in [-0.39, 0.29) is 6.04 Å². The number of ether oxygens (including phenoxy) is 2. The van der Waals surface area contributed by atoms with Gasteiger partial charge in [0.2, 0.25) is 0 Å². The van der Waals surface area contributed by atoms with Crippen LogP contribution in [0.15, 0.2) is 30.3 Å². The van der Waals surface area contributed by atoms with Gasteiger partial charge in [-0.3, -0.25) is 0 Å². The Morgan fingerprint density at radius 1 is 1.11 bits per heavy atom. The Morgan fingerprint density at radius 2 is 1.84 bits per heavy atom. The van der Waals surface area contributed by atoms with Gasteiger partial charge in [0.1, 0.15) is 0 Å². The lowest BCUT2D eigenvalue weighted by Crippen LogP contribution is -2.27. The molecule has 0 heterocycles. The number of methoxy groups -OCH3 is 1. The lowest BCUT2D eigenvalue weighted by molar-refractivity contribution is 0.105. The molecule has 0 bridgehead atoms. The topological polar surface area (TPSA) is 30.5 Å². The molecule has 0 amide bonds. The third kappa shape index (κ3) is 7.31. The van der Waals surface area contributed by atoms with Crippen molar-refractivity contribution in [3.63, 3.8) is 0 Å². The zero-order valence-corrected chi connectivity index (χ0v) is 12.4. The summed E-state index contributed by atoms with van der Waals surface area (Å²) >= 11 is 0. The van der Waals surface area contributed by atoms with Crippen LogP contribution < -0.4 is 5.32 Å². The van der Waals surface area contributed by atoms with Crippen LogP contribution in [0.5, 0.6) is 0 Å². The van der Waals surface area contributed by atoms with Crippen LogP contribution in [0.2, 0.25) is 0 Å². The molecule has 1 N–H and O–H groups in total. The molecule has 1 aromatic carbocycles. The molecule has 0 aliphatic heterocycles. The number of rotatable bonds is 10. The molecular formula is C16H27NO2. The van der Waals surface area contributed by atoms with Crippen molar-refractivity contribution < 1.29 is 9.47 Å². The van der Waals surface area contributed by atoms with E-state index in [0.717, 1.165) is 26.2 Å². The van der Waals surface area contributed by atoms with Crippen molar-refractivity contribution in [2.24, 2.45) is 5.92 Å². The van der Waals surface area contributed by atoms with Crippen molar-refractivity contribution in [1.29, 1.82) is 0 Å². The summed E-state index contributed by atoms with van der Waals surface area (Å²) < 4.78 is 10.8. The summed E-state index contributed by atoms with van der Waals surface area (Å²) in [5, 5.41) is 3.52. The molecule has 1 atom stereocenters. The van der Waals surface area contributed by atoms with E-state index in [0.29, 0.717) is 12.5 Å². The SMILES string of the molecule is COCC(NCCCOCC(C)C)c1ccccc1. The largest absolute Gasteiger partial charge is 0.383 e. The Balaban J connectivity index is 2.23. The van der Waals surface area contributed by atoms with Crippen LogP contribution in [0, 0.1) is 5.92 Å². The van der Waals surface area contributed by atoms with Gasteiger partial charge in [0, 0.05) is 20.3 Å². The van der Waals surface area contributed by atoms with Crippen LogP contribution in [-0.2, 0) is 9.47 Å². The first kappa shape index (κ1) is 16.2. The van der Waals surface area contributed by atoms with Crippen LogP contribution in [0.25, 0.3) is 0 Å². The van der Waals surface area contributed by atoms with Gasteiger partial charge in [-0.15, -0.1) is 0 Å². The molecule has 1 aromatic rings. The van der Waals surface area contributed by atoms with Gasteiger partial charge in [-0.05, 0) is 24.4 Å². The second-order valence-corrected chi connectivity index (χ2v) is 5.20. The van der Waals surface area contributed by atoms with E-state index >= 15 is 0 Å². The molecule has 0 radical (unpaired) electrons. The first-order valence-corrected chi connectivity index (χ1v) is 7.09. The van der Waals surface area contributed by atoms with E-state index in [1.807, 2.05) is 6.07 Å². The van der Waals surface area contributed by atoms with E-state index < -0.39 is 0 Å². The molecule has 0 spiro atoms. The predicted octanol–water partition coefficient (Wildman–Crippen LogP) is 3.03. The number of nitrogens with one attached hydrogen (secondary N) is 1. The maximum atomic E-state index is 5.57. The summed E-state index contributed by atoms with van der Waals surface area (Å²) in [6.45, 7) is 7.64. The van der Waals surface area contributed by atoms with Crippen molar-refractivity contribution in [3.05, 3.63) is 35.9 Å². The fourth-order valence-corrected chi connectivity index (χ4v) is 1.89. The van der Waals surface area contributed by atoms with Crippen LogP contribution in [0.1, 0.15) is 31.9 Å². The molecule has 108 valence electrons. The van der Waals surface area contributed by atoms with Gasteiger partial charge in [0.05, 0.1) is 12.6 Å². The third-order valence-electron chi connectivity index (χ3n) is 2.84. The molecule has 19 heavy (non-hydrogen) atoms. The van der Waals surface area contributed by atoms with Gasteiger partial charge in [-0.2, -0.15) is 0 Å². The maximum Gasteiger partial charge on any atom is 0.0657 e. The molecular weight excluding hydrogens is 238 g/mol. The van der Waals surface area contributed by atoms with Crippen molar-refractivity contribution in [2.45, 2.75) is 26.3 Å². The van der Waals surface area contributed by atoms with E-state index in [4.69, 9.17) is 9.47 Å². The fraction of sp³-hybridized carbons (Fsp3) is 0.625. The first-order chi connectivity index (χ1) is 9.24. The number of benzene rings is 1. The molecule has 1 unspecified atom stereocenters. The molecule has 3 heteroatoms. The minimum Gasteiger partial charge on any atom is -0.383 e. The lowest BCUT2D eigenvalue weighted by atomic mass is 10.1. The first-order valence-electron chi connectivity index (χ1n) is 7.09. The molecule has 0 aromatic heterocycles. The van der Waals surface area contributed by atoms with Crippen LogP contribution >= 0.6 is 0 Å². The van der Waals surface area contributed by atoms with E-state index in [9.17, 15) is 0 Å². The number of hydrogen-bond acceptors (Lipinski definition) is 3. The van der Waals surface area contributed by atoms with E-state index in [1.54, 1.807) is 7.11 Å². The second-order valence-electron chi connectivity index (χ2n) is 5.20. The Bertz CT molecular complexity index is 314. The predicted molar refractivity (Wildman–Crippen MR) is 79.3 cm³/mol. The zero-order chi connectivity index (χ0) is 13.9. The van der Waals surface area contributed by atoms with Crippen molar-refractivity contribution in [1.82, 2.24) is 5.32 Å². The molecule has 0 saturated carbocycles. The summed E-state index contributed by atoms with van der Waals surface area (Å²) in [6.07, 6.45) is 1.03. The average molecular weight is 265 g/mol. The molecule has 3 nitrogen and oxygen atoms in total. The van der Waals surface area contributed by atoms with Gasteiger partial charge in [0.15, 0.2) is 0 Å². The lowest BCUT2D eigenvalue weighted by Gasteiger charge is -2.18. The Morgan fingerprint density at radius 3 is 2.47 bits per heavy atom. The van der Waals surface area contributed by atoms with Gasteiger partial charge >= 0.3 is 0 Å². The number of hydrogen-bond donors (Lipinski definition) is 1. The summed E-state index contributed by atoms with van der Waals surface area (Å²) in [7, 11) is 1.74. The standard InChI is InChI=1S/C16H27NO2/c1-14(2)12-19-11-7-10-17-16(13-18-3)15-8-5-4-6-9-15/h4-6,8-9,14,16-17H,7,10-13H2,1-3H3. The monoisotopic (exact) mass is 265 g/mol. The van der Waals surface area contributed by atoms with Crippen molar-refractivity contribution in [2.75, 3.05) is 33.5 Å². The zero-order valence-electron chi connectivity index (χ0n) is 12.4. The minimum absolute atomic E-state index is 0.260. The van der Waals surface area contributed by atoms with Crippen molar-refractivity contribution >= 4 is 0 Å². The average Bonchev–Trinajstić information content (AvgIpc) is 2.42. The quantitative estimate of drug-likeness (QED) is 0.660. The highest BCUT2D eigenvalue weighted by molar-refractivity contribution is 5.18. The summed E-state index contributed by atoms with van der Waals surface area (Å²) in [4.78, 5) is 0. The highest BCUT2D eigenvalue weighted by Gasteiger charge is 2.09. The summed E-state index contributed by atoms with van der Waals surface area (Å²) in [5.74, 6) is 0.610. The Hall–Kier alpha value is -0.900. The van der Waals surface area contributed by atoms with Crippen LogP contribution in [0.4, 0.5) is 0 Å². The summed E-state index contributed by atoms with van der Waals surface area (Å²) in [6, 6.07) is 10.7. The van der Waals surface area contributed by atoms with Gasteiger partial charge in [-0.25, -0.2) is 0 Å². The minimum atomic E-state index is 0.260.